The van der Waals surface area contributed by atoms with E-state index in [1.165, 1.54) is 27.2 Å². The van der Waals surface area contributed by atoms with Crippen molar-refractivity contribution in [1.82, 2.24) is 4.90 Å². The minimum atomic E-state index is -1.29. The Morgan fingerprint density at radius 1 is 1.44 bits per heavy atom. The third-order valence-electron chi connectivity index (χ3n) is 2.53. The third kappa shape index (κ3) is 2.26. The van der Waals surface area contributed by atoms with Gasteiger partial charge in [-0.3, -0.25) is 4.79 Å². The van der Waals surface area contributed by atoms with Gasteiger partial charge in [0.15, 0.2) is 0 Å². The molecule has 1 aliphatic heterocycles. The lowest BCUT2D eigenvalue weighted by Gasteiger charge is -2.32. The Bertz CT molecular complexity index is 334. The molecule has 0 aromatic rings. The number of hydrogen-bond donors (Lipinski definition) is 1. The van der Waals surface area contributed by atoms with Crippen molar-refractivity contribution < 1.29 is 24.2 Å². The van der Waals surface area contributed by atoms with Crippen molar-refractivity contribution in [2.24, 2.45) is 0 Å². The molecule has 1 amide bonds. The Balaban J connectivity index is 2.81. The summed E-state index contributed by atoms with van der Waals surface area (Å²) < 4.78 is 10.0. The Morgan fingerprint density at radius 3 is 2.50 bits per heavy atom. The first-order valence-electron chi connectivity index (χ1n) is 4.83. The van der Waals surface area contributed by atoms with Crippen LogP contribution in [0.1, 0.15) is 13.8 Å². The number of rotatable bonds is 3. The molecule has 1 aliphatic rings. The average Bonchev–Trinajstić information content (AvgIpc) is 2.28. The van der Waals surface area contributed by atoms with Crippen molar-refractivity contribution in [3.63, 3.8) is 0 Å². The standard InChI is InChI=1S/C10H15NO5/c1-10(2,9(13)14)11(3)8(12)7-6-15-4-5-16-7/h6H,4-5H2,1-3H3,(H,13,14). The lowest BCUT2D eigenvalue weighted by molar-refractivity contribution is -0.155. The number of amides is 1. The number of nitrogens with zero attached hydrogens (tertiary/aromatic N) is 1. The largest absolute Gasteiger partial charge is 0.494 e. The number of carbonyl (C=O) groups is 2. The summed E-state index contributed by atoms with van der Waals surface area (Å²) in [4.78, 5) is 23.9. The van der Waals surface area contributed by atoms with E-state index in [2.05, 4.69) is 0 Å². The van der Waals surface area contributed by atoms with Gasteiger partial charge in [0.1, 0.15) is 25.0 Å². The number of carbonyl (C=O) groups excluding carboxylic acids is 1. The Kier molecular flexibility index (Phi) is 3.41. The van der Waals surface area contributed by atoms with Crippen molar-refractivity contribution in [3.05, 3.63) is 12.0 Å². The number of carboxylic acid groups (broad SMARTS) is 1. The summed E-state index contributed by atoms with van der Waals surface area (Å²) in [5.41, 5.74) is -1.29. The van der Waals surface area contributed by atoms with Gasteiger partial charge in [-0.1, -0.05) is 0 Å². The molecule has 6 nitrogen and oxygen atoms in total. The van der Waals surface area contributed by atoms with Crippen molar-refractivity contribution in [2.45, 2.75) is 19.4 Å². The highest BCUT2D eigenvalue weighted by Crippen LogP contribution is 2.17. The molecule has 16 heavy (non-hydrogen) atoms. The van der Waals surface area contributed by atoms with Crippen LogP contribution in [0.5, 0.6) is 0 Å². The summed E-state index contributed by atoms with van der Waals surface area (Å²) >= 11 is 0. The fraction of sp³-hybridized carbons (Fsp3) is 0.600. The van der Waals surface area contributed by atoms with E-state index in [9.17, 15) is 9.59 Å². The predicted octanol–water partition coefficient (Wildman–Crippen LogP) is 0.196. The molecule has 0 bridgehead atoms. The van der Waals surface area contributed by atoms with Gasteiger partial charge in [0, 0.05) is 7.05 Å². The normalized spacial score (nSPS) is 15.6. The number of hydrogen-bond acceptors (Lipinski definition) is 4. The molecule has 0 aromatic carbocycles. The van der Waals surface area contributed by atoms with E-state index < -0.39 is 17.4 Å². The molecule has 1 heterocycles. The molecule has 0 unspecified atom stereocenters. The van der Waals surface area contributed by atoms with Crippen LogP contribution in [0.25, 0.3) is 0 Å². The average molecular weight is 229 g/mol. The summed E-state index contributed by atoms with van der Waals surface area (Å²) in [7, 11) is 1.41. The zero-order valence-electron chi connectivity index (χ0n) is 9.52. The smallest absolute Gasteiger partial charge is 0.329 e. The van der Waals surface area contributed by atoms with Crippen LogP contribution in [-0.4, -0.2) is 47.7 Å². The molecule has 1 N–H and O–H groups in total. The Morgan fingerprint density at radius 2 is 2.06 bits per heavy atom. The summed E-state index contributed by atoms with van der Waals surface area (Å²) in [6, 6.07) is 0. The SMILES string of the molecule is CN(C(=O)C1=COCCO1)C(C)(C)C(=O)O. The van der Waals surface area contributed by atoms with Crippen LogP contribution >= 0.6 is 0 Å². The van der Waals surface area contributed by atoms with E-state index in [0.717, 1.165) is 4.90 Å². The third-order valence-corrected chi connectivity index (χ3v) is 2.53. The zero-order valence-corrected chi connectivity index (χ0v) is 9.52. The van der Waals surface area contributed by atoms with Gasteiger partial charge in [-0.25, -0.2) is 4.79 Å². The van der Waals surface area contributed by atoms with E-state index in [4.69, 9.17) is 14.6 Å². The maximum Gasteiger partial charge on any atom is 0.329 e. The van der Waals surface area contributed by atoms with Crippen molar-refractivity contribution >= 4 is 11.9 Å². The van der Waals surface area contributed by atoms with Crippen LogP contribution < -0.4 is 0 Å². The van der Waals surface area contributed by atoms with Crippen LogP contribution in [0.4, 0.5) is 0 Å². The van der Waals surface area contributed by atoms with E-state index in [-0.39, 0.29) is 5.76 Å². The molecule has 0 saturated heterocycles. The molecule has 6 heteroatoms. The summed E-state index contributed by atoms with van der Waals surface area (Å²) in [6.07, 6.45) is 1.21. The predicted molar refractivity (Wildman–Crippen MR) is 54.5 cm³/mol. The fourth-order valence-corrected chi connectivity index (χ4v) is 1.04. The first-order chi connectivity index (χ1) is 7.37. The Hall–Kier alpha value is -1.72. The van der Waals surface area contributed by atoms with Crippen LogP contribution in [0.15, 0.2) is 12.0 Å². The molecule has 0 aliphatic carbocycles. The van der Waals surface area contributed by atoms with E-state index >= 15 is 0 Å². The number of carboxylic acids is 1. The maximum atomic E-state index is 11.8. The summed E-state index contributed by atoms with van der Waals surface area (Å²) in [5, 5.41) is 8.97. The first kappa shape index (κ1) is 12.4. The fourth-order valence-electron chi connectivity index (χ4n) is 1.04. The van der Waals surface area contributed by atoms with Crippen LogP contribution in [0.3, 0.4) is 0 Å². The number of ether oxygens (including phenoxy) is 2. The van der Waals surface area contributed by atoms with Crippen LogP contribution in [0, 0.1) is 0 Å². The molecule has 0 spiro atoms. The highest BCUT2D eigenvalue weighted by molar-refractivity contribution is 5.95. The van der Waals surface area contributed by atoms with Gasteiger partial charge in [-0.2, -0.15) is 0 Å². The van der Waals surface area contributed by atoms with Gasteiger partial charge in [-0.05, 0) is 13.8 Å². The topological polar surface area (TPSA) is 76.1 Å². The quantitative estimate of drug-likeness (QED) is 0.748. The summed E-state index contributed by atoms with van der Waals surface area (Å²) in [5.74, 6) is -1.56. The highest BCUT2D eigenvalue weighted by atomic mass is 16.6. The van der Waals surface area contributed by atoms with Crippen molar-refractivity contribution in [2.75, 3.05) is 20.3 Å². The van der Waals surface area contributed by atoms with E-state index in [0.29, 0.717) is 13.2 Å². The maximum absolute atomic E-state index is 11.8. The molecule has 0 radical (unpaired) electrons. The van der Waals surface area contributed by atoms with Gasteiger partial charge in [-0.15, -0.1) is 0 Å². The first-order valence-corrected chi connectivity index (χ1v) is 4.83. The second-order valence-electron chi connectivity index (χ2n) is 3.93. The zero-order chi connectivity index (χ0) is 12.3. The second kappa shape index (κ2) is 4.42. The summed E-state index contributed by atoms with van der Waals surface area (Å²) in [6.45, 7) is 3.57. The number of likely N-dealkylation sites (N-methyl/N-ethyl adjacent to an activating group) is 1. The lowest BCUT2D eigenvalue weighted by Crippen LogP contribution is -2.51. The van der Waals surface area contributed by atoms with Gasteiger partial charge in [0.2, 0.25) is 5.76 Å². The monoisotopic (exact) mass is 229 g/mol. The van der Waals surface area contributed by atoms with Gasteiger partial charge >= 0.3 is 5.97 Å². The van der Waals surface area contributed by atoms with Crippen LogP contribution in [-0.2, 0) is 19.1 Å². The minimum Gasteiger partial charge on any atom is -0.494 e. The minimum absolute atomic E-state index is 0.0306. The molecular formula is C10H15NO5. The molecule has 0 saturated carbocycles. The van der Waals surface area contributed by atoms with Gasteiger partial charge in [0.25, 0.3) is 5.91 Å². The van der Waals surface area contributed by atoms with E-state index in [1.807, 2.05) is 0 Å². The molecule has 1 rings (SSSR count). The second-order valence-corrected chi connectivity index (χ2v) is 3.93. The molecule has 0 aromatic heterocycles. The van der Waals surface area contributed by atoms with E-state index in [1.54, 1.807) is 0 Å². The van der Waals surface area contributed by atoms with Gasteiger partial charge in [0.05, 0.1) is 0 Å². The molecular weight excluding hydrogens is 214 g/mol. The molecule has 0 fully saturated rings. The Labute approximate surface area is 93.4 Å². The van der Waals surface area contributed by atoms with Crippen molar-refractivity contribution in [3.8, 4) is 0 Å². The van der Waals surface area contributed by atoms with Crippen molar-refractivity contribution in [1.29, 1.82) is 0 Å². The highest BCUT2D eigenvalue weighted by Gasteiger charge is 2.37. The van der Waals surface area contributed by atoms with Gasteiger partial charge < -0.3 is 19.5 Å². The molecule has 0 atom stereocenters. The van der Waals surface area contributed by atoms with Crippen LogP contribution in [0.2, 0.25) is 0 Å². The number of aliphatic carboxylic acids is 1. The lowest BCUT2D eigenvalue weighted by atomic mass is 10.0. The molecule has 90 valence electrons.